The third kappa shape index (κ3) is 26.6. The van der Waals surface area contributed by atoms with Crippen LogP contribution in [0.15, 0.2) is 0 Å². The van der Waals surface area contributed by atoms with Gasteiger partial charge in [-0.15, -0.1) is 0 Å². The zero-order chi connectivity index (χ0) is 9.61. The Balaban J connectivity index is -0.000000202. The van der Waals surface area contributed by atoms with Crippen molar-refractivity contribution in [2.45, 2.75) is 6.92 Å². The van der Waals surface area contributed by atoms with Crippen molar-refractivity contribution >= 4 is 27.7 Å². The molecule has 0 aromatic heterocycles. The van der Waals surface area contributed by atoms with E-state index in [0.717, 1.165) is 0 Å². The van der Waals surface area contributed by atoms with E-state index in [4.69, 9.17) is 4.55 Å². The van der Waals surface area contributed by atoms with Crippen LogP contribution >= 0.6 is 11.8 Å². The maximum absolute atomic E-state index is 10.3. The van der Waals surface area contributed by atoms with Crippen LogP contribution in [0.2, 0.25) is 0 Å². The Bertz CT molecular complexity index is 243. The molecular formula is C6H10O4S2Y3-2. The van der Waals surface area contributed by atoms with Gasteiger partial charge in [-0.2, -0.15) is 8.42 Å². The maximum Gasteiger partial charge on any atom is 0.265 e. The summed E-state index contributed by atoms with van der Waals surface area (Å²) in [5, 5.41) is 0. The van der Waals surface area contributed by atoms with Gasteiger partial charge >= 0.3 is 0 Å². The summed E-state index contributed by atoms with van der Waals surface area (Å²) in [5.41, 5.74) is 0. The van der Waals surface area contributed by atoms with Crippen molar-refractivity contribution < 1.29 is 116 Å². The van der Waals surface area contributed by atoms with E-state index >= 15 is 0 Å². The molecule has 0 aliphatic rings. The molecule has 0 aromatic carbocycles. The summed E-state index contributed by atoms with van der Waals surface area (Å²) in [4.78, 5) is 10.3. The molecule has 4 nitrogen and oxygen atoms in total. The zero-order valence-corrected chi connectivity index (χ0v) is 18.4. The number of hydrogen-bond donors (Lipinski definition) is 1. The molecule has 0 saturated heterocycles. The molecule has 81 valence electrons. The van der Waals surface area contributed by atoms with Crippen LogP contribution in [0.5, 0.6) is 0 Å². The van der Waals surface area contributed by atoms with Gasteiger partial charge < -0.3 is 28.7 Å². The van der Waals surface area contributed by atoms with Crippen LogP contribution in [0.1, 0.15) is 6.92 Å². The Hall–Kier alpha value is 3.11. The molecule has 3 radical (unpaired) electrons. The van der Waals surface area contributed by atoms with Gasteiger partial charge in [-0.3, -0.25) is 4.55 Å². The second-order valence-electron chi connectivity index (χ2n) is 2.07. The van der Waals surface area contributed by atoms with E-state index in [2.05, 4.69) is 0 Å². The summed E-state index contributed by atoms with van der Waals surface area (Å²) in [6.07, 6.45) is 1.34. The average molecular weight is 477 g/mol. The number of hydrogen-bond acceptors (Lipinski definition) is 4. The topological polar surface area (TPSA) is 71.4 Å². The standard InChI is InChI=1S/C6H10O4S2.3Y/c1-6(7)2-3-11-4-5-12(8,9)10;;;/h2-3H,4-5H2,1H3,(H,8,9,10);;;/q-2;;;. The fraction of sp³-hybridized carbons (Fsp3) is 0.500. The second-order valence-corrected chi connectivity index (χ2v) is 4.66. The summed E-state index contributed by atoms with van der Waals surface area (Å²) in [7, 11) is -3.86. The number of rotatable bonds is 6. The molecule has 0 bridgehead atoms. The summed E-state index contributed by atoms with van der Waals surface area (Å²) in [6, 6.07) is 0. The molecule has 0 saturated carbocycles. The number of Topliss-reactive ketones (excluding diaryl/α,β-unsaturated/α-hetero) is 1. The first-order valence-corrected chi connectivity index (χ1v) is 5.81. The van der Waals surface area contributed by atoms with E-state index in [1.807, 2.05) is 0 Å². The predicted octanol–water partition coefficient (Wildman–Crippen LogP) is 0.555. The van der Waals surface area contributed by atoms with Gasteiger partial charge in [-0.05, 0) is 18.5 Å². The number of carbonyl (C=O) groups excluding carboxylic acids is 1. The molecule has 0 atom stereocenters. The Morgan fingerprint density at radius 1 is 1.33 bits per heavy atom. The largest absolute Gasteiger partial charge is 0.476 e. The first kappa shape index (κ1) is 26.6. The number of ketones is 1. The minimum atomic E-state index is -3.86. The molecule has 15 heavy (non-hydrogen) atoms. The van der Waals surface area contributed by atoms with Gasteiger partial charge in [0.25, 0.3) is 10.1 Å². The number of carbonyl (C=O) groups is 1. The molecular weight excluding hydrogens is 467 g/mol. The van der Waals surface area contributed by atoms with Gasteiger partial charge in [-0.1, -0.05) is 0 Å². The number of thioether (sulfide) groups is 1. The monoisotopic (exact) mass is 477 g/mol. The molecule has 0 rings (SSSR count). The Morgan fingerprint density at radius 3 is 2.13 bits per heavy atom. The fourth-order valence-corrected chi connectivity index (χ4v) is 2.02. The molecule has 0 fully saturated rings. The van der Waals surface area contributed by atoms with Gasteiger partial charge in [0.1, 0.15) is 0 Å². The van der Waals surface area contributed by atoms with Crippen LogP contribution < -0.4 is 0 Å². The first-order chi connectivity index (χ1) is 5.42. The molecule has 0 aliphatic carbocycles. The van der Waals surface area contributed by atoms with Gasteiger partial charge in [0.05, 0.1) is 5.75 Å². The molecule has 1 N–H and O–H groups in total. The molecule has 0 aromatic rings. The van der Waals surface area contributed by atoms with E-state index in [1.54, 1.807) is 0 Å². The van der Waals surface area contributed by atoms with Gasteiger partial charge in [-0.25, -0.2) is 0 Å². The molecule has 0 aliphatic heterocycles. The molecule has 9 heteroatoms. The van der Waals surface area contributed by atoms with Crippen molar-refractivity contribution in [3.8, 4) is 0 Å². The third-order valence-electron chi connectivity index (χ3n) is 0.858. The van der Waals surface area contributed by atoms with Gasteiger partial charge in [0.2, 0.25) is 0 Å². The van der Waals surface area contributed by atoms with Crippen molar-refractivity contribution in [1.29, 1.82) is 0 Å². The van der Waals surface area contributed by atoms with Crippen molar-refractivity contribution in [3.05, 3.63) is 12.2 Å². The maximum atomic E-state index is 10.3. The minimum absolute atomic E-state index is 0. The van der Waals surface area contributed by atoms with E-state index in [9.17, 15) is 13.2 Å². The predicted molar refractivity (Wildman–Crippen MR) is 48.2 cm³/mol. The fourth-order valence-electron chi connectivity index (χ4n) is 0.365. The van der Waals surface area contributed by atoms with Gasteiger partial charge in [0, 0.05) is 98.1 Å². The van der Waals surface area contributed by atoms with Crippen LogP contribution in [0, 0.1) is 12.2 Å². The van der Waals surface area contributed by atoms with Crippen molar-refractivity contribution in [1.82, 2.24) is 0 Å². The van der Waals surface area contributed by atoms with E-state index in [1.165, 1.54) is 30.9 Å². The average Bonchev–Trinajstić information content (AvgIpc) is 1.83. The quantitative estimate of drug-likeness (QED) is 0.344. The van der Waals surface area contributed by atoms with Crippen LogP contribution in [0.4, 0.5) is 0 Å². The van der Waals surface area contributed by atoms with Crippen LogP contribution in [0.25, 0.3) is 0 Å². The molecule has 0 heterocycles. The molecule has 0 spiro atoms. The van der Waals surface area contributed by atoms with Crippen molar-refractivity contribution in [3.63, 3.8) is 0 Å². The zero-order valence-electron chi connectivity index (χ0n) is 8.29. The van der Waals surface area contributed by atoms with Crippen LogP contribution in [0.3, 0.4) is 0 Å². The Kier molecular flexibility index (Phi) is 26.9. The Morgan fingerprint density at radius 2 is 1.80 bits per heavy atom. The van der Waals surface area contributed by atoms with E-state index in [-0.39, 0.29) is 115 Å². The summed E-state index contributed by atoms with van der Waals surface area (Å²) in [5.74, 6) is 1.38. The summed E-state index contributed by atoms with van der Waals surface area (Å²) < 4.78 is 28.7. The van der Waals surface area contributed by atoms with E-state index in [0.29, 0.717) is 0 Å². The minimum Gasteiger partial charge on any atom is -0.476 e. The third-order valence-corrected chi connectivity index (χ3v) is 2.60. The Labute approximate surface area is 171 Å². The smallest absolute Gasteiger partial charge is 0.265 e. The van der Waals surface area contributed by atoms with Gasteiger partial charge in [0.15, 0.2) is 0 Å². The normalized spacial score (nSPS) is 8.93. The molecule has 0 amide bonds. The first-order valence-electron chi connectivity index (χ1n) is 3.16. The van der Waals surface area contributed by atoms with Crippen LogP contribution in [-0.2, 0) is 113 Å². The van der Waals surface area contributed by atoms with E-state index < -0.39 is 10.1 Å². The van der Waals surface area contributed by atoms with Crippen molar-refractivity contribution in [2.75, 3.05) is 11.5 Å². The molecule has 0 unspecified atom stereocenters. The second kappa shape index (κ2) is 15.2. The SMILES string of the molecule is CC(=O)[CH-][CH-]SCCS(=O)(=O)O.[Y].[Y].[Y]. The van der Waals surface area contributed by atoms with Crippen LogP contribution in [-0.4, -0.2) is 30.3 Å². The summed E-state index contributed by atoms with van der Waals surface area (Å²) >= 11 is 1.17. The van der Waals surface area contributed by atoms with Crippen molar-refractivity contribution in [2.24, 2.45) is 0 Å². The summed E-state index contributed by atoms with van der Waals surface area (Å²) in [6.45, 7) is 1.40.